The first-order valence-electron chi connectivity index (χ1n) is 4.30. The number of aliphatic imine (C=N–C) groups is 1. The molecule has 3 nitrogen and oxygen atoms in total. The number of isothiocyanates is 1. The molecule has 0 amide bonds. The predicted octanol–water partition coefficient (Wildman–Crippen LogP) is 2.07. The van der Waals surface area contributed by atoms with Crippen LogP contribution in [0, 0.1) is 5.92 Å². The molecule has 0 bridgehead atoms. The molecule has 0 radical (unpaired) electrons. The molecular weight excluding hydrogens is 186 g/mol. The predicted molar refractivity (Wildman–Crippen MR) is 54.9 cm³/mol. The van der Waals surface area contributed by atoms with Crippen molar-refractivity contribution in [1.82, 2.24) is 0 Å². The Labute approximate surface area is 84.2 Å². The molecule has 0 N–H and O–H groups in total. The summed E-state index contributed by atoms with van der Waals surface area (Å²) < 4.78 is 4.59. The third kappa shape index (κ3) is 4.76. The second-order valence-corrected chi connectivity index (χ2v) is 3.19. The first-order chi connectivity index (χ1) is 6.15. The van der Waals surface area contributed by atoms with Crippen LogP contribution in [0.4, 0.5) is 0 Å². The van der Waals surface area contributed by atoms with E-state index in [1.807, 2.05) is 0 Å². The Balaban J connectivity index is 4.25. The SMILES string of the molecule is CCC(C)CC(N=C=S)C(=O)OC. The van der Waals surface area contributed by atoms with Crippen molar-refractivity contribution in [3.05, 3.63) is 0 Å². The van der Waals surface area contributed by atoms with E-state index in [-0.39, 0.29) is 5.97 Å². The van der Waals surface area contributed by atoms with Crippen LogP contribution in [0.2, 0.25) is 0 Å². The van der Waals surface area contributed by atoms with Gasteiger partial charge >= 0.3 is 5.97 Å². The van der Waals surface area contributed by atoms with Crippen LogP contribution in [-0.4, -0.2) is 24.3 Å². The topological polar surface area (TPSA) is 38.7 Å². The Morgan fingerprint density at radius 2 is 2.31 bits per heavy atom. The average Bonchev–Trinajstić information content (AvgIpc) is 2.15. The monoisotopic (exact) mass is 201 g/mol. The summed E-state index contributed by atoms with van der Waals surface area (Å²) >= 11 is 4.46. The van der Waals surface area contributed by atoms with E-state index in [9.17, 15) is 4.79 Å². The van der Waals surface area contributed by atoms with Crippen molar-refractivity contribution >= 4 is 23.3 Å². The minimum atomic E-state index is -0.475. The first kappa shape index (κ1) is 12.3. The fraction of sp³-hybridized carbons (Fsp3) is 0.778. The van der Waals surface area contributed by atoms with Gasteiger partial charge in [0.1, 0.15) is 0 Å². The highest BCUT2D eigenvalue weighted by molar-refractivity contribution is 7.78. The van der Waals surface area contributed by atoms with Crippen molar-refractivity contribution < 1.29 is 9.53 Å². The number of methoxy groups -OCH3 is 1. The molecule has 0 aromatic heterocycles. The van der Waals surface area contributed by atoms with Gasteiger partial charge < -0.3 is 4.74 Å². The molecular formula is C9H15NO2S. The van der Waals surface area contributed by atoms with Gasteiger partial charge in [0, 0.05) is 0 Å². The summed E-state index contributed by atoms with van der Waals surface area (Å²) in [4.78, 5) is 14.9. The van der Waals surface area contributed by atoms with Gasteiger partial charge in [0.2, 0.25) is 0 Å². The zero-order chi connectivity index (χ0) is 10.3. The second-order valence-electron chi connectivity index (χ2n) is 3.01. The van der Waals surface area contributed by atoms with Gasteiger partial charge in [-0.25, -0.2) is 9.79 Å². The molecule has 13 heavy (non-hydrogen) atoms. The molecule has 0 heterocycles. The summed E-state index contributed by atoms with van der Waals surface area (Å²) in [6, 6.07) is -0.475. The maximum Gasteiger partial charge on any atom is 0.331 e. The summed E-state index contributed by atoms with van der Waals surface area (Å²) in [7, 11) is 1.35. The first-order valence-corrected chi connectivity index (χ1v) is 4.71. The van der Waals surface area contributed by atoms with E-state index >= 15 is 0 Å². The zero-order valence-electron chi connectivity index (χ0n) is 8.24. The maximum absolute atomic E-state index is 11.2. The molecule has 0 saturated carbocycles. The number of carbonyl (C=O) groups excluding carboxylic acids is 1. The van der Waals surface area contributed by atoms with E-state index in [2.05, 4.69) is 41.0 Å². The van der Waals surface area contributed by atoms with E-state index in [0.29, 0.717) is 12.3 Å². The molecule has 74 valence electrons. The third-order valence-corrected chi connectivity index (χ3v) is 2.11. The van der Waals surface area contributed by atoms with Gasteiger partial charge in [0.25, 0.3) is 0 Å². The molecule has 0 spiro atoms. The van der Waals surface area contributed by atoms with Crippen LogP contribution >= 0.6 is 12.2 Å². The second kappa shape index (κ2) is 6.75. The van der Waals surface area contributed by atoms with Crippen molar-refractivity contribution in [3.8, 4) is 0 Å². The quantitative estimate of drug-likeness (QED) is 0.388. The van der Waals surface area contributed by atoms with Crippen molar-refractivity contribution in [2.75, 3.05) is 7.11 Å². The molecule has 0 aromatic carbocycles. The zero-order valence-corrected chi connectivity index (χ0v) is 9.06. The molecule has 0 aromatic rings. The van der Waals surface area contributed by atoms with Crippen LogP contribution in [0.5, 0.6) is 0 Å². The highest BCUT2D eigenvalue weighted by atomic mass is 32.1. The fourth-order valence-electron chi connectivity index (χ4n) is 0.949. The average molecular weight is 201 g/mol. The lowest BCUT2D eigenvalue weighted by atomic mass is 10.00. The van der Waals surface area contributed by atoms with Crippen LogP contribution in [0.15, 0.2) is 4.99 Å². The van der Waals surface area contributed by atoms with Crippen molar-refractivity contribution in [1.29, 1.82) is 0 Å². The van der Waals surface area contributed by atoms with E-state index in [1.54, 1.807) is 0 Å². The van der Waals surface area contributed by atoms with Crippen molar-refractivity contribution in [2.24, 2.45) is 10.9 Å². The molecule has 0 rings (SSSR count). The number of hydrogen-bond donors (Lipinski definition) is 0. The Hall–Kier alpha value is -0.730. The number of rotatable bonds is 5. The van der Waals surface area contributed by atoms with Crippen molar-refractivity contribution in [2.45, 2.75) is 32.7 Å². The van der Waals surface area contributed by atoms with Crippen LogP contribution in [0.3, 0.4) is 0 Å². The van der Waals surface area contributed by atoms with Crippen LogP contribution in [-0.2, 0) is 9.53 Å². The standard InChI is InChI=1S/C9H15NO2S/c1-4-7(2)5-8(10-6-13)9(11)12-3/h7-8H,4-5H2,1-3H3. The number of thiocarbonyl (C=S) groups is 1. The molecule has 0 aliphatic heterocycles. The molecule has 0 aliphatic rings. The molecule has 0 saturated heterocycles. The number of hydrogen-bond acceptors (Lipinski definition) is 4. The molecule has 0 aliphatic carbocycles. The molecule has 2 atom stereocenters. The largest absolute Gasteiger partial charge is 0.467 e. The highest BCUT2D eigenvalue weighted by Crippen LogP contribution is 2.12. The Morgan fingerprint density at radius 1 is 1.69 bits per heavy atom. The fourth-order valence-corrected chi connectivity index (χ4v) is 1.08. The van der Waals surface area contributed by atoms with Crippen LogP contribution in [0.1, 0.15) is 26.7 Å². The van der Waals surface area contributed by atoms with Crippen molar-refractivity contribution in [3.63, 3.8) is 0 Å². The van der Waals surface area contributed by atoms with Gasteiger partial charge in [-0.3, -0.25) is 0 Å². The van der Waals surface area contributed by atoms with E-state index in [0.717, 1.165) is 6.42 Å². The summed E-state index contributed by atoms with van der Waals surface area (Å²) in [6.07, 6.45) is 1.69. The highest BCUT2D eigenvalue weighted by Gasteiger charge is 2.19. The van der Waals surface area contributed by atoms with Gasteiger partial charge in [-0.15, -0.1) is 0 Å². The Bertz CT molecular complexity index is 212. The summed E-state index contributed by atoms with van der Waals surface area (Å²) in [6.45, 7) is 4.13. The maximum atomic E-state index is 11.2. The lowest BCUT2D eigenvalue weighted by Crippen LogP contribution is -2.22. The number of carbonyl (C=O) groups is 1. The summed E-state index contributed by atoms with van der Waals surface area (Å²) in [5, 5.41) is 2.22. The molecule has 2 unspecified atom stereocenters. The van der Waals surface area contributed by atoms with Crippen LogP contribution < -0.4 is 0 Å². The van der Waals surface area contributed by atoms with Gasteiger partial charge in [-0.1, -0.05) is 20.3 Å². The number of esters is 1. The van der Waals surface area contributed by atoms with Gasteiger partial charge in [0.15, 0.2) is 6.04 Å². The minimum absolute atomic E-state index is 0.336. The molecule has 4 heteroatoms. The third-order valence-electron chi connectivity index (χ3n) is 2.00. The lowest BCUT2D eigenvalue weighted by molar-refractivity contribution is -0.142. The van der Waals surface area contributed by atoms with E-state index in [4.69, 9.17) is 0 Å². The minimum Gasteiger partial charge on any atom is -0.467 e. The lowest BCUT2D eigenvalue weighted by Gasteiger charge is -2.12. The summed E-state index contributed by atoms with van der Waals surface area (Å²) in [5.74, 6) is 0.105. The van der Waals surface area contributed by atoms with Crippen LogP contribution in [0.25, 0.3) is 0 Å². The summed E-state index contributed by atoms with van der Waals surface area (Å²) in [5.41, 5.74) is 0. The normalized spacial score (nSPS) is 14.1. The van der Waals surface area contributed by atoms with Gasteiger partial charge in [-0.2, -0.15) is 0 Å². The number of ether oxygens (including phenoxy) is 1. The number of nitrogens with zero attached hydrogens (tertiary/aromatic N) is 1. The Morgan fingerprint density at radius 3 is 2.69 bits per heavy atom. The van der Waals surface area contributed by atoms with E-state index < -0.39 is 6.04 Å². The molecule has 0 fully saturated rings. The van der Waals surface area contributed by atoms with E-state index in [1.165, 1.54) is 7.11 Å². The smallest absolute Gasteiger partial charge is 0.331 e. The van der Waals surface area contributed by atoms with Gasteiger partial charge in [-0.05, 0) is 24.6 Å². The Kier molecular flexibility index (Phi) is 6.37. The van der Waals surface area contributed by atoms with Gasteiger partial charge in [0.05, 0.1) is 12.3 Å².